The maximum atomic E-state index is 13.8. The molecular weight excluding hydrogens is 547 g/mol. The van der Waals surface area contributed by atoms with Crippen LogP contribution in [-0.4, -0.2) is 43.4 Å². The Bertz CT molecular complexity index is 1680. The molecule has 0 bridgehead atoms. The molecule has 1 atom stereocenters. The number of carbonyl (C=O) groups is 2. The molecule has 3 aromatic carbocycles. The molecule has 0 spiro atoms. The van der Waals surface area contributed by atoms with Crippen molar-refractivity contribution in [1.82, 2.24) is 9.78 Å². The zero-order valence-electron chi connectivity index (χ0n) is 19.8. The molecule has 0 saturated heterocycles. The maximum Gasteiger partial charge on any atom is 0.417 e. The number of nitrogens with zero attached hydrogens (tertiary/aromatic N) is 2. The van der Waals surface area contributed by atoms with Gasteiger partial charge < -0.3 is 10.5 Å². The van der Waals surface area contributed by atoms with Crippen LogP contribution >= 0.6 is 11.6 Å². The molecule has 0 saturated carbocycles. The molecule has 38 heavy (non-hydrogen) atoms. The Labute approximate surface area is 219 Å². The molecule has 0 aliphatic carbocycles. The molecule has 0 aliphatic heterocycles. The topological polar surface area (TPSA) is 121 Å². The lowest BCUT2D eigenvalue weighted by molar-refractivity contribution is -0.137. The highest BCUT2D eigenvalue weighted by Crippen LogP contribution is 2.37. The van der Waals surface area contributed by atoms with E-state index < -0.39 is 49.4 Å². The minimum Gasteiger partial charge on any atom is -0.465 e. The standard InChI is InChI=1S/C25H19ClF3N3O5S/c1-37-24(34)14-8-6-13(7-9-14)21-16-11-10-15(22(30)38(2,35)36)12-19(16)32(31-21)23(33)20-17(25(27,28)29)4-3-5-18(20)26/h3-12,22H,30H2,1-2H3. The molecule has 1 heterocycles. The summed E-state index contributed by atoms with van der Waals surface area (Å²) in [7, 11) is -2.53. The van der Waals surface area contributed by atoms with Crippen LogP contribution in [0.25, 0.3) is 22.2 Å². The molecule has 198 valence electrons. The van der Waals surface area contributed by atoms with Crippen LogP contribution in [0.5, 0.6) is 0 Å². The largest absolute Gasteiger partial charge is 0.465 e. The van der Waals surface area contributed by atoms with Crippen molar-refractivity contribution in [2.24, 2.45) is 5.73 Å². The lowest BCUT2D eigenvalue weighted by Crippen LogP contribution is -2.21. The van der Waals surface area contributed by atoms with Gasteiger partial charge in [-0.1, -0.05) is 41.9 Å². The summed E-state index contributed by atoms with van der Waals surface area (Å²) < 4.78 is 70.8. The minimum absolute atomic E-state index is 0.00619. The summed E-state index contributed by atoms with van der Waals surface area (Å²) in [6, 6.07) is 13.1. The third-order valence-electron chi connectivity index (χ3n) is 5.80. The predicted octanol–water partition coefficient (Wildman–Crippen LogP) is 4.85. The van der Waals surface area contributed by atoms with E-state index in [9.17, 15) is 31.2 Å². The van der Waals surface area contributed by atoms with Gasteiger partial charge >= 0.3 is 12.1 Å². The fraction of sp³-hybridized carbons (Fsp3) is 0.160. The van der Waals surface area contributed by atoms with Crippen LogP contribution in [-0.2, 0) is 20.8 Å². The van der Waals surface area contributed by atoms with Crippen LogP contribution < -0.4 is 5.73 Å². The van der Waals surface area contributed by atoms with Gasteiger partial charge in [0.25, 0.3) is 5.91 Å². The van der Waals surface area contributed by atoms with Gasteiger partial charge in [-0.05, 0) is 35.9 Å². The Morgan fingerprint density at radius 3 is 2.32 bits per heavy atom. The Morgan fingerprint density at radius 2 is 1.74 bits per heavy atom. The molecular formula is C25H19ClF3N3O5S. The van der Waals surface area contributed by atoms with Gasteiger partial charge in [-0.2, -0.15) is 23.0 Å². The third-order valence-corrected chi connectivity index (χ3v) is 7.31. The number of carbonyl (C=O) groups excluding carboxylic acids is 2. The summed E-state index contributed by atoms with van der Waals surface area (Å²) in [5.74, 6) is -1.77. The second-order valence-electron chi connectivity index (χ2n) is 8.32. The number of sulfone groups is 1. The van der Waals surface area contributed by atoms with Crippen LogP contribution in [0.3, 0.4) is 0 Å². The van der Waals surface area contributed by atoms with Crippen molar-refractivity contribution in [3.63, 3.8) is 0 Å². The molecule has 8 nitrogen and oxygen atoms in total. The van der Waals surface area contributed by atoms with E-state index in [0.717, 1.165) is 29.1 Å². The summed E-state index contributed by atoms with van der Waals surface area (Å²) in [4.78, 5) is 25.4. The van der Waals surface area contributed by atoms with Crippen molar-refractivity contribution in [2.45, 2.75) is 11.6 Å². The first-order chi connectivity index (χ1) is 17.7. The van der Waals surface area contributed by atoms with E-state index in [2.05, 4.69) is 9.84 Å². The molecule has 13 heteroatoms. The summed E-state index contributed by atoms with van der Waals surface area (Å²) in [5.41, 5.74) is 4.73. The van der Waals surface area contributed by atoms with Gasteiger partial charge in [-0.3, -0.25) is 4.79 Å². The Kier molecular flexibility index (Phi) is 7.08. The van der Waals surface area contributed by atoms with E-state index in [1.807, 2.05) is 0 Å². The third kappa shape index (κ3) is 5.02. The second kappa shape index (κ2) is 9.86. The van der Waals surface area contributed by atoms with Gasteiger partial charge in [-0.15, -0.1) is 0 Å². The van der Waals surface area contributed by atoms with Gasteiger partial charge in [0, 0.05) is 17.2 Å². The number of halogens is 4. The van der Waals surface area contributed by atoms with Crippen molar-refractivity contribution in [3.8, 4) is 11.3 Å². The highest BCUT2D eigenvalue weighted by molar-refractivity contribution is 7.90. The highest BCUT2D eigenvalue weighted by atomic mass is 35.5. The normalized spacial score (nSPS) is 12.9. The number of alkyl halides is 3. The van der Waals surface area contributed by atoms with E-state index in [4.69, 9.17) is 17.3 Å². The first-order valence-electron chi connectivity index (χ1n) is 10.8. The predicted molar refractivity (Wildman–Crippen MR) is 134 cm³/mol. The zero-order valence-corrected chi connectivity index (χ0v) is 21.4. The average molecular weight is 566 g/mol. The van der Waals surface area contributed by atoms with Crippen LogP contribution in [0.2, 0.25) is 5.02 Å². The number of methoxy groups -OCH3 is 1. The van der Waals surface area contributed by atoms with Crippen molar-refractivity contribution < 1.29 is 35.9 Å². The van der Waals surface area contributed by atoms with Crippen molar-refractivity contribution in [2.75, 3.05) is 13.4 Å². The molecule has 0 aliphatic rings. The van der Waals surface area contributed by atoms with E-state index in [0.29, 0.717) is 10.9 Å². The lowest BCUT2D eigenvalue weighted by Gasteiger charge is -2.14. The van der Waals surface area contributed by atoms with Crippen LogP contribution in [0.4, 0.5) is 13.2 Å². The molecule has 0 amide bonds. The van der Waals surface area contributed by atoms with E-state index in [1.165, 1.54) is 49.6 Å². The summed E-state index contributed by atoms with van der Waals surface area (Å²) in [5, 5.41) is 2.70. The second-order valence-corrected chi connectivity index (χ2v) is 10.9. The number of fused-ring (bicyclic) bond motifs is 1. The molecule has 4 rings (SSSR count). The SMILES string of the molecule is COC(=O)c1ccc(-c2nn(C(=O)c3c(Cl)cccc3C(F)(F)F)c3cc(C(N)S(C)(=O)=O)ccc23)cc1. The number of esters is 1. The fourth-order valence-corrected chi connectivity index (χ4v) is 4.79. The van der Waals surface area contributed by atoms with E-state index in [-0.39, 0.29) is 22.3 Å². The van der Waals surface area contributed by atoms with Crippen LogP contribution in [0.15, 0.2) is 60.7 Å². The average Bonchev–Trinajstić information content (AvgIpc) is 3.25. The van der Waals surface area contributed by atoms with Crippen LogP contribution in [0, 0.1) is 0 Å². The lowest BCUT2D eigenvalue weighted by atomic mass is 10.0. The number of aromatic nitrogens is 2. The Hall–Kier alpha value is -3.74. The van der Waals surface area contributed by atoms with Gasteiger partial charge in [0.2, 0.25) is 0 Å². The van der Waals surface area contributed by atoms with Gasteiger partial charge in [0.15, 0.2) is 9.84 Å². The first-order valence-corrected chi connectivity index (χ1v) is 13.1. The number of ether oxygens (including phenoxy) is 1. The minimum atomic E-state index is -4.89. The molecule has 1 aromatic heterocycles. The molecule has 0 radical (unpaired) electrons. The van der Waals surface area contributed by atoms with E-state index in [1.54, 1.807) is 0 Å². The van der Waals surface area contributed by atoms with Gasteiger partial charge in [0.05, 0.1) is 34.3 Å². The summed E-state index contributed by atoms with van der Waals surface area (Å²) >= 11 is 6.05. The smallest absolute Gasteiger partial charge is 0.417 e. The maximum absolute atomic E-state index is 13.8. The van der Waals surface area contributed by atoms with Crippen LogP contribution in [0.1, 0.15) is 37.2 Å². The number of benzene rings is 3. The number of rotatable bonds is 5. The fourth-order valence-electron chi connectivity index (χ4n) is 3.89. The number of nitrogens with two attached hydrogens (primary N) is 1. The summed E-state index contributed by atoms with van der Waals surface area (Å²) in [6.45, 7) is 0. The molecule has 4 aromatic rings. The van der Waals surface area contributed by atoms with Crippen molar-refractivity contribution >= 4 is 44.2 Å². The first kappa shape index (κ1) is 27.3. The Balaban J connectivity index is 1.99. The molecule has 1 unspecified atom stereocenters. The zero-order chi connectivity index (χ0) is 28.0. The van der Waals surface area contributed by atoms with Crippen molar-refractivity contribution in [3.05, 3.63) is 87.9 Å². The monoisotopic (exact) mass is 565 g/mol. The molecule has 2 N–H and O–H groups in total. The number of hydrogen-bond acceptors (Lipinski definition) is 7. The number of hydrogen-bond donors (Lipinski definition) is 1. The van der Waals surface area contributed by atoms with Gasteiger partial charge in [-0.25, -0.2) is 13.2 Å². The van der Waals surface area contributed by atoms with Gasteiger partial charge in [0.1, 0.15) is 11.1 Å². The Morgan fingerprint density at radius 1 is 1.08 bits per heavy atom. The molecule has 0 fully saturated rings. The quantitative estimate of drug-likeness (QED) is 0.343. The summed E-state index contributed by atoms with van der Waals surface area (Å²) in [6.07, 6.45) is -3.97. The van der Waals surface area contributed by atoms with E-state index >= 15 is 0 Å². The van der Waals surface area contributed by atoms with Crippen molar-refractivity contribution in [1.29, 1.82) is 0 Å². The highest BCUT2D eigenvalue weighted by Gasteiger charge is 2.37.